The van der Waals surface area contributed by atoms with Crippen molar-refractivity contribution in [2.24, 2.45) is 0 Å². The Bertz CT molecular complexity index is 1150. The van der Waals surface area contributed by atoms with Crippen LogP contribution in [0.5, 0.6) is 0 Å². The molecule has 1 N–H and O–H groups in total. The van der Waals surface area contributed by atoms with Crippen molar-refractivity contribution in [2.75, 3.05) is 18.2 Å². The van der Waals surface area contributed by atoms with Gasteiger partial charge in [0.05, 0.1) is 35.4 Å². The molecule has 3 aromatic rings. The zero-order valence-electron chi connectivity index (χ0n) is 16.4. The lowest BCUT2D eigenvalue weighted by Crippen LogP contribution is -2.14. The fraction of sp³-hybridized carbons (Fsp3) is 0.190. The highest BCUT2D eigenvalue weighted by Gasteiger charge is 2.13. The third-order valence-corrected chi connectivity index (χ3v) is 6.89. The third-order valence-electron chi connectivity index (χ3n) is 4.38. The number of nitrogens with one attached hydrogen (secondary N) is 1. The monoisotopic (exact) mass is 444 g/mol. The average Bonchev–Trinajstić information content (AvgIpc) is 3.22. The van der Waals surface area contributed by atoms with Gasteiger partial charge >= 0.3 is 5.97 Å². The lowest BCUT2D eigenvalue weighted by atomic mass is 10.1. The molecule has 0 saturated heterocycles. The van der Waals surface area contributed by atoms with Gasteiger partial charge in [-0.05, 0) is 29.8 Å². The Balaban J connectivity index is 1.63. The van der Waals surface area contributed by atoms with Crippen molar-refractivity contribution in [3.63, 3.8) is 0 Å². The average molecular weight is 445 g/mol. The van der Waals surface area contributed by atoms with Gasteiger partial charge in [0.15, 0.2) is 15.0 Å². The van der Waals surface area contributed by atoms with E-state index in [2.05, 4.69) is 15.0 Å². The first-order chi connectivity index (χ1) is 14.3. The van der Waals surface area contributed by atoms with Gasteiger partial charge in [0.25, 0.3) is 0 Å². The van der Waals surface area contributed by atoms with Gasteiger partial charge in [-0.15, -0.1) is 11.3 Å². The minimum atomic E-state index is -3.26. The SMILES string of the molecule is CCS(=O)(=O)c1ccc(CC(=O)Nc2nc(-c3ccc(C(=O)OC)cc3)cs2)cc1. The largest absolute Gasteiger partial charge is 0.465 e. The van der Waals surface area contributed by atoms with Gasteiger partial charge in [-0.2, -0.15) is 0 Å². The summed E-state index contributed by atoms with van der Waals surface area (Å²) in [4.78, 5) is 28.5. The second-order valence-electron chi connectivity index (χ2n) is 6.38. The highest BCUT2D eigenvalue weighted by atomic mass is 32.2. The predicted octanol–water partition coefficient (Wildman–Crippen LogP) is 3.57. The molecule has 0 aliphatic carbocycles. The number of esters is 1. The van der Waals surface area contributed by atoms with Gasteiger partial charge < -0.3 is 10.1 Å². The van der Waals surface area contributed by atoms with Gasteiger partial charge in [-0.1, -0.05) is 31.2 Å². The molecule has 9 heteroatoms. The van der Waals surface area contributed by atoms with Crippen LogP contribution in [0.3, 0.4) is 0 Å². The third kappa shape index (κ3) is 5.11. The van der Waals surface area contributed by atoms with Gasteiger partial charge in [0, 0.05) is 10.9 Å². The standard InChI is InChI=1S/C21H20N2O5S2/c1-3-30(26,27)17-10-4-14(5-11-17)12-19(24)23-21-22-18(13-29-21)15-6-8-16(9-7-15)20(25)28-2/h4-11,13H,3,12H2,1-2H3,(H,22,23,24). The first kappa shape index (κ1) is 21.7. The fourth-order valence-electron chi connectivity index (χ4n) is 2.69. The number of anilines is 1. The van der Waals surface area contributed by atoms with Gasteiger partial charge in [-0.3, -0.25) is 4.79 Å². The number of sulfone groups is 1. The van der Waals surface area contributed by atoms with Crippen LogP contribution in [0, 0.1) is 0 Å². The molecule has 0 radical (unpaired) electrons. The van der Waals surface area contributed by atoms with E-state index in [1.54, 1.807) is 43.3 Å². The zero-order chi connectivity index (χ0) is 21.7. The van der Waals surface area contributed by atoms with Crippen molar-refractivity contribution in [3.8, 4) is 11.3 Å². The van der Waals surface area contributed by atoms with E-state index < -0.39 is 15.8 Å². The van der Waals surface area contributed by atoms with E-state index in [0.717, 1.165) is 5.56 Å². The molecule has 0 spiro atoms. The highest BCUT2D eigenvalue weighted by Crippen LogP contribution is 2.25. The molecule has 1 aromatic heterocycles. The van der Waals surface area contributed by atoms with Crippen molar-refractivity contribution in [1.82, 2.24) is 4.98 Å². The minimum absolute atomic E-state index is 0.0324. The summed E-state index contributed by atoms with van der Waals surface area (Å²) in [5.41, 5.74) is 2.65. The summed E-state index contributed by atoms with van der Waals surface area (Å²) in [6.07, 6.45) is 0.106. The summed E-state index contributed by atoms with van der Waals surface area (Å²) in [5, 5.41) is 5.02. The molecule has 0 fully saturated rings. The van der Waals surface area contributed by atoms with Crippen LogP contribution in [0.15, 0.2) is 58.8 Å². The maximum atomic E-state index is 12.3. The molecule has 3 rings (SSSR count). The molecule has 1 heterocycles. The van der Waals surface area contributed by atoms with Gasteiger partial charge in [-0.25, -0.2) is 18.2 Å². The molecular formula is C21H20N2O5S2. The van der Waals surface area contributed by atoms with E-state index >= 15 is 0 Å². The van der Waals surface area contributed by atoms with Crippen LogP contribution >= 0.6 is 11.3 Å². The number of nitrogens with zero attached hydrogens (tertiary/aromatic N) is 1. The Kier molecular flexibility index (Phi) is 6.63. The van der Waals surface area contributed by atoms with Crippen LogP contribution < -0.4 is 5.32 Å². The Morgan fingerprint density at radius 1 is 1.07 bits per heavy atom. The number of carbonyl (C=O) groups excluding carboxylic acids is 2. The fourth-order valence-corrected chi connectivity index (χ4v) is 4.31. The normalized spacial score (nSPS) is 11.1. The molecule has 7 nitrogen and oxygen atoms in total. The van der Waals surface area contributed by atoms with Crippen molar-refractivity contribution in [2.45, 2.75) is 18.2 Å². The van der Waals surface area contributed by atoms with Crippen molar-refractivity contribution < 1.29 is 22.7 Å². The molecule has 0 unspecified atom stereocenters. The van der Waals surface area contributed by atoms with Crippen LogP contribution in [-0.2, 0) is 25.8 Å². The summed E-state index contributed by atoms with van der Waals surface area (Å²) >= 11 is 1.29. The first-order valence-corrected chi connectivity index (χ1v) is 11.6. The maximum Gasteiger partial charge on any atom is 0.337 e. The number of rotatable bonds is 7. The van der Waals surface area contributed by atoms with Crippen LogP contribution in [-0.4, -0.2) is 38.1 Å². The van der Waals surface area contributed by atoms with Crippen LogP contribution in [0.25, 0.3) is 11.3 Å². The van der Waals surface area contributed by atoms with Gasteiger partial charge in [0.2, 0.25) is 5.91 Å². The Morgan fingerprint density at radius 3 is 2.33 bits per heavy atom. The molecule has 0 saturated carbocycles. The second kappa shape index (κ2) is 9.19. The highest BCUT2D eigenvalue weighted by molar-refractivity contribution is 7.91. The maximum absolute atomic E-state index is 12.3. The summed E-state index contributed by atoms with van der Waals surface area (Å²) < 4.78 is 28.4. The molecule has 2 aromatic carbocycles. The van der Waals surface area contributed by atoms with E-state index in [4.69, 9.17) is 0 Å². The van der Waals surface area contributed by atoms with Gasteiger partial charge in [0.1, 0.15) is 0 Å². The number of thiazole rings is 1. The zero-order valence-corrected chi connectivity index (χ0v) is 18.0. The predicted molar refractivity (Wildman–Crippen MR) is 115 cm³/mol. The van der Waals surface area contributed by atoms with Crippen molar-refractivity contribution in [3.05, 3.63) is 65.0 Å². The van der Waals surface area contributed by atoms with Crippen molar-refractivity contribution >= 4 is 38.2 Å². The number of benzene rings is 2. The van der Waals surface area contributed by atoms with Crippen molar-refractivity contribution in [1.29, 1.82) is 0 Å². The summed E-state index contributed by atoms with van der Waals surface area (Å²) in [7, 11) is -1.93. The molecule has 0 bridgehead atoms. The van der Waals surface area contributed by atoms with Crippen LogP contribution in [0.4, 0.5) is 5.13 Å². The molecule has 0 aliphatic heterocycles. The van der Waals surface area contributed by atoms with Crippen LogP contribution in [0.1, 0.15) is 22.8 Å². The molecular weight excluding hydrogens is 424 g/mol. The lowest BCUT2D eigenvalue weighted by Gasteiger charge is -2.05. The van der Waals surface area contributed by atoms with Crippen LogP contribution in [0.2, 0.25) is 0 Å². The second-order valence-corrected chi connectivity index (χ2v) is 9.52. The summed E-state index contributed by atoms with van der Waals surface area (Å²) in [5.74, 6) is -0.624. The number of hydrogen-bond acceptors (Lipinski definition) is 7. The van der Waals surface area contributed by atoms with E-state index in [0.29, 0.717) is 22.0 Å². The summed E-state index contributed by atoms with van der Waals surface area (Å²) in [6, 6.07) is 13.1. The number of amides is 1. The quantitative estimate of drug-likeness (QED) is 0.559. The Morgan fingerprint density at radius 2 is 1.73 bits per heavy atom. The van der Waals surface area contributed by atoms with E-state index in [1.165, 1.54) is 30.6 Å². The van der Waals surface area contributed by atoms with E-state index in [-0.39, 0.29) is 23.0 Å². The molecule has 0 aliphatic rings. The Labute approximate surface area is 178 Å². The Hall–Kier alpha value is -3.04. The number of carbonyl (C=O) groups is 2. The molecule has 30 heavy (non-hydrogen) atoms. The number of hydrogen-bond donors (Lipinski definition) is 1. The minimum Gasteiger partial charge on any atom is -0.465 e. The topological polar surface area (TPSA) is 102 Å². The van der Waals surface area contributed by atoms with E-state index in [9.17, 15) is 18.0 Å². The molecule has 0 atom stereocenters. The first-order valence-electron chi connectivity index (χ1n) is 9.08. The number of ether oxygens (including phenoxy) is 1. The number of methoxy groups -OCH3 is 1. The summed E-state index contributed by atoms with van der Waals surface area (Å²) in [6.45, 7) is 1.59. The smallest absolute Gasteiger partial charge is 0.337 e. The van der Waals surface area contributed by atoms with E-state index in [1.807, 2.05) is 5.38 Å². The lowest BCUT2D eigenvalue weighted by molar-refractivity contribution is -0.115. The molecule has 156 valence electrons. The number of aromatic nitrogens is 1. The molecule has 1 amide bonds.